The summed E-state index contributed by atoms with van der Waals surface area (Å²) >= 11 is 0. The van der Waals surface area contributed by atoms with Crippen molar-refractivity contribution in [3.63, 3.8) is 0 Å². The summed E-state index contributed by atoms with van der Waals surface area (Å²) in [5.41, 5.74) is 9.89. The molecule has 0 fully saturated rings. The van der Waals surface area contributed by atoms with Crippen molar-refractivity contribution in [3.05, 3.63) is 59.2 Å². The van der Waals surface area contributed by atoms with Crippen molar-refractivity contribution in [2.75, 3.05) is 10.6 Å². The topological polar surface area (TPSA) is 42.1 Å². The van der Waals surface area contributed by atoms with Gasteiger partial charge in [-0.25, -0.2) is 9.37 Å². The highest BCUT2D eigenvalue weighted by molar-refractivity contribution is 5.64. The normalized spacial score (nSPS) is 13.5. The highest BCUT2D eigenvalue weighted by atomic mass is 19.1. The zero-order valence-electron chi connectivity index (χ0n) is 10.6. The molecule has 0 spiro atoms. The molecule has 1 aliphatic heterocycles. The highest BCUT2D eigenvalue weighted by Crippen LogP contribution is 2.27. The van der Waals surface area contributed by atoms with Crippen molar-refractivity contribution in [2.45, 2.75) is 13.5 Å². The molecule has 0 bridgehead atoms. The van der Waals surface area contributed by atoms with Crippen LogP contribution in [0.15, 0.2) is 36.5 Å². The van der Waals surface area contributed by atoms with Crippen LogP contribution in [0.5, 0.6) is 0 Å². The van der Waals surface area contributed by atoms with E-state index in [0.717, 1.165) is 29.1 Å². The number of aromatic nitrogens is 1. The maximum absolute atomic E-state index is 12.9. The average Bonchev–Trinajstić information content (AvgIpc) is 2.39. The maximum atomic E-state index is 12.9. The Morgan fingerprint density at radius 1 is 1.26 bits per heavy atom. The van der Waals surface area contributed by atoms with Crippen LogP contribution < -0.4 is 10.6 Å². The Kier molecular flexibility index (Phi) is 2.71. The Balaban J connectivity index is 1.97. The molecule has 0 atom stereocenters. The summed E-state index contributed by atoms with van der Waals surface area (Å²) in [6, 6.07) is 8.34. The van der Waals surface area contributed by atoms with Gasteiger partial charge >= 0.3 is 0 Å². The Bertz CT molecular complexity index is 647. The van der Waals surface area contributed by atoms with Gasteiger partial charge in [0.2, 0.25) is 0 Å². The first-order valence-electron chi connectivity index (χ1n) is 6.10. The van der Waals surface area contributed by atoms with Gasteiger partial charge in [-0.15, -0.1) is 0 Å². The molecule has 19 heavy (non-hydrogen) atoms. The fourth-order valence-corrected chi connectivity index (χ4v) is 2.29. The summed E-state index contributed by atoms with van der Waals surface area (Å²) in [7, 11) is 0. The van der Waals surface area contributed by atoms with Crippen LogP contribution in [0.25, 0.3) is 6.08 Å². The molecule has 0 saturated heterocycles. The smallest absolute Gasteiger partial charge is 0.124 e. The molecule has 1 aliphatic rings. The summed E-state index contributed by atoms with van der Waals surface area (Å²) in [6.45, 7) is 2.75. The second kappa shape index (κ2) is 4.39. The summed E-state index contributed by atoms with van der Waals surface area (Å²) in [5, 5.41) is 0. The van der Waals surface area contributed by atoms with Gasteiger partial charge in [-0.3, -0.25) is 0 Å². The van der Waals surface area contributed by atoms with Gasteiger partial charge in [-0.05, 0) is 48.9 Å². The zero-order valence-corrected chi connectivity index (χ0v) is 10.6. The fourth-order valence-electron chi connectivity index (χ4n) is 2.29. The molecule has 2 N–H and O–H groups in total. The molecule has 0 unspecified atom stereocenters. The molecule has 3 rings (SSSR count). The first-order chi connectivity index (χ1) is 9.13. The van der Waals surface area contributed by atoms with Crippen LogP contribution in [0.4, 0.5) is 15.9 Å². The van der Waals surface area contributed by atoms with Gasteiger partial charge in [-0.2, -0.15) is 0 Å². The van der Waals surface area contributed by atoms with Crippen LogP contribution in [0.3, 0.4) is 0 Å². The standard InChI is InChI=1S/C15H14FN3/c1-10-8-15(17)18-14-6-7-19(9-13(10)14)12-4-2-11(16)3-5-12/h2-8H,9H2,1H3,(H2,17,18). The third-order valence-corrected chi connectivity index (χ3v) is 3.30. The number of nitrogens with two attached hydrogens (primary N) is 1. The van der Waals surface area contributed by atoms with Gasteiger partial charge < -0.3 is 10.6 Å². The quantitative estimate of drug-likeness (QED) is 0.851. The minimum absolute atomic E-state index is 0.226. The van der Waals surface area contributed by atoms with Gasteiger partial charge in [0, 0.05) is 24.0 Å². The van der Waals surface area contributed by atoms with E-state index in [0.29, 0.717) is 5.82 Å². The second-order valence-corrected chi connectivity index (χ2v) is 4.65. The zero-order chi connectivity index (χ0) is 13.4. The van der Waals surface area contributed by atoms with Crippen LogP contribution in [0, 0.1) is 12.7 Å². The number of anilines is 2. The summed E-state index contributed by atoms with van der Waals surface area (Å²) in [6.07, 6.45) is 3.88. The molecular formula is C15H14FN3. The van der Waals surface area contributed by atoms with Gasteiger partial charge in [0.25, 0.3) is 0 Å². The third kappa shape index (κ3) is 2.17. The van der Waals surface area contributed by atoms with Crippen molar-refractivity contribution in [2.24, 2.45) is 0 Å². The fraction of sp³-hybridized carbons (Fsp3) is 0.133. The molecule has 1 aromatic heterocycles. The van der Waals surface area contributed by atoms with Crippen molar-refractivity contribution in [1.29, 1.82) is 0 Å². The molecule has 0 radical (unpaired) electrons. The molecule has 96 valence electrons. The number of benzene rings is 1. The minimum atomic E-state index is -0.226. The predicted molar refractivity (Wildman–Crippen MR) is 75.0 cm³/mol. The number of hydrogen-bond acceptors (Lipinski definition) is 3. The van der Waals surface area contributed by atoms with Crippen LogP contribution >= 0.6 is 0 Å². The summed E-state index contributed by atoms with van der Waals surface area (Å²) < 4.78 is 12.9. The van der Waals surface area contributed by atoms with E-state index in [9.17, 15) is 4.39 Å². The van der Waals surface area contributed by atoms with Crippen LogP contribution in [0.2, 0.25) is 0 Å². The molecular weight excluding hydrogens is 241 g/mol. The lowest BCUT2D eigenvalue weighted by Crippen LogP contribution is -2.20. The molecule has 2 aromatic rings. The van der Waals surface area contributed by atoms with E-state index in [1.54, 1.807) is 12.1 Å². The van der Waals surface area contributed by atoms with E-state index in [4.69, 9.17) is 5.73 Å². The molecule has 0 amide bonds. The van der Waals surface area contributed by atoms with Crippen molar-refractivity contribution < 1.29 is 4.39 Å². The minimum Gasteiger partial charge on any atom is -0.384 e. The number of nitrogen functional groups attached to an aromatic ring is 1. The van der Waals surface area contributed by atoms with E-state index in [2.05, 4.69) is 9.88 Å². The van der Waals surface area contributed by atoms with Crippen molar-refractivity contribution >= 4 is 17.6 Å². The number of fused-ring (bicyclic) bond motifs is 1. The van der Waals surface area contributed by atoms with E-state index < -0.39 is 0 Å². The Morgan fingerprint density at radius 2 is 2.00 bits per heavy atom. The molecule has 4 heteroatoms. The number of aryl methyl sites for hydroxylation is 1. The average molecular weight is 255 g/mol. The molecule has 2 heterocycles. The molecule has 3 nitrogen and oxygen atoms in total. The third-order valence-electron chi connectivity index (χ3n) is 3.30. The van der Waals surface area contributed by atoms with Crippen molar-refractivity contribution in [1.82, 2.24) is 4.98 Å². The maximum Gasteiger partial charge on any atom is 0.124 e. The van der Waals surface area contributed by atoms with E-state index in [-0.39, 0.29) is 5.82 Å². The molecule has 0 aliphatic carbocycles. The van der Waals surface area contributed by atoms with Crippen LogP contribution in [-0.2, 0) is 6.54 Å². The van der Waals surface area contributed by atoms with Crippen molar-refractivity contribution in [3.8, 4) is 0 Å². The lowest BCUT2D eigenvalue weighted by Gasteiger charge is -2.26. The lowest BCUT2D eigenvalue weighted by atomic mass is 10.0. The van der Waals surface area contributed by atoms with Crippen LogP contribution in [0.1, 0.15) is 16.8 Å². The molecule has 0 saturated carbocycles. The number of nitrogens with zero attached hydrogens (tertiary/aromatic N) is 2. The monoisotopic (exact) mass is 255 g/mol. The first-order valence-corrected chi connectivity index (χ1v) is 6.10. The summed E-state index contributed by atoms with van der Waals surface area (Å²) in [5.74, 6) is 0.312. The van der Waals surface area contributed by atoms with E-state index in [1.807, 2.05) is 25.3 Å². The highest BCUT2D eigenvalue weighted by Gasteiger charge is 2.15. The Morgan fingerprint density at radius 3 is 2.74 bits per heavy atom. The molecule has 1 aromatic carbocycles. The number of pyridine rings is 1. The second-order valence-electron chi connectivity index (χ2n) is 4.65. The Hall–Kier alpha value is -2.36. The Labute approximate surface area is 111 Å². The van der Waals surface area contributed by atoms with Gasteiger partial charge in [0.15, 0.2) is 0 Å². The number of halogens is 1. The van der Waals surface area contributed by atoms with Gasteiger partial charge in [0.05, 0.1) is 5.69 Å². The summed E-state index contributed by atoms with van der Waals surface area (Å²) in [4.78, 5) is 6.38. The predicted octanol–water partition coefficient (Wildman–Crippen LogP) is 3.10. The SMILES string of the molecule is Cc1cc(N)nc2c1CN(c1ccc(F)cc1)C=C2. The van der Waals surface area contributed by atoms with Gasteiger partial charge in [-0.1, -0.05) is 0 Å². The number of hydrogen-bond donors (Lipinski definition) is 1. The van der Waals surface area contributed by atoms with E-state index in [1.165, 1.54) is 12.1 Å². The first kappa shape index (κ1) is 11.7. The number of rotatable bonds is 1. The van der Waals surface area contributed by atoms with E-state index >= 15 is 0 Å². The largest absolute Gasteiger partial charge is 0.384 e. The van der Waals surface area contributed by atoms with Gasteiger partial charge in [0.1, 0.15) is 11.6 Å². The van der Waals surface area contributed by atoms with Crippen LogP contribution in [-0.4, -0.2) is 4.98 Å². The lowest BCUT2D eigenvalue weighted by molar-refractivity contribution is 0.627.